The second kappa shape index (κ2) is 6.08. The lowest BCUT2D eigenvalue weighted by Crippen LogP contribution is -2.16. The Morgan fingerprint density at radius 1 is 1.47 bits per heavy atom. The second-order valence-corrected chi connectivity index (χ2v) is 5.62. The molecule has 0 fully saturated rings. The molecule has 6 heteroatoms. The van der Waals surface area contributed by atoms with E-state index >= 15 is 0 Å². The monoisotopic (exact) mass is 340 g/mol. The summed E-state index contributed by atoms with van der Waals surface area (Å²) in [5.41, 5.74) is 0.464. The van der Waals surface area contributed by atoms with Gasteiger partial charge in [-0.05, 0) is 30.4 Å². The van der Waals surface area contributed by atoms with Crippen molar-refractivity contribution in [3.8, 4) is 0 Å². The minimum atomic E-state index is -0.303. The third-order valence-corrected chi connectivity index (χ3v) is 3.79. The Kier molecular flexibility index (Phi) is 4.44. The highest BCUT2D eigenvalue weighted by Crippen LogP contribution is 2.20. The molecule has 1 aromatic heterocycles. The molecule has 0 spiro atoms. The quantitative estimate of drug-likeness (QED) is 0.927. The average Bonchev–Trinajstić information content (AvgIpc) is 2.88. The van der Waals surface area contributed by atoms with Crippen LogP contribution in [-0.4, -0.2) is 17.9 Å². The summed E-state index contributed by atoms with van der Waals surface area (Å²) in [6.07, 6.45) is 4.81. The number of nitrogens with zero attached hydrogens (tertiary/aromatic N) is 1. The Balaban J connectivity index is 2.20. The van der Waals surface area contributed by atoms with E-state index in [0.717, 1.165) is 4.47 Å². The van der Waals surface area contributed by atoms with Gasteiger partial charge in [0.05, 0.1) is 6.20 Å². The van der Waals surface area contributed by atoms with Gasteiger partial charge in [0, 0.05) is 17.1 Å². The van der Waals surface area contributed by atoms with E-state index in [1.54, 1.807) is 31.3 Å². The first-order valence-electron chi connectivity index (χ1n) is 5.41. The lowest BCUT2D eigenvalue weighted by Gasteiger charge is -1.96. The second-order valence-electron chi connectivity index (χ2n) is 3.64. The molecular weight excluding hydrogens is 331 g/mol. The van der Waals surface area contributed by atoms with Gasteiger partial charge >= 0.3 is 0 Å². The van der Waals surface area contributed by atoms with Crippen LogP contribution >= 0.6 is 27.3 Å². The molecule has 3 nitrogen and oxygen atoms in total. The van der Waals surface area contributed by atoms with E-state index in [1.165, 1.54) is 23.6 Å². The largest absolute Gasteiger partial charge is 0.354 e. The molecule has 1 amide bonds. The molecule has 19 heavy (non-hydrogen) atoms. The molecule has 0 bridgehead atoms. The molecule has 0 radical (unpaired) electrons. The number of aromatic nitrogens is 1. The van der Waals surface area contributed by atoms with Gasteiger partial charge in [-0.2, -0.15) is 0 Å². The van der Waals surface area contributed by atoms with E-state index in [0.29, 0.717) is 15.4 Å². The summed E-state index contributed by atoms with van der Waals surface area (Å²) in [5.74, 6) is -0.478. The number of thiazole rings is 1. The van der Waals surface area contributed by atoms with E-state index in [1.807, 2.05) is 0 Å². The number of carbonyl (C=O) groups is 1. The molecule has 98 valence electrons. The Bertz CT molecular complexity index is 639. The van der Waals surface area contributed by atoms with Crippen molar-refractivity contribution < 1.29 is 9.18 Å². The van der Waals surface area contributed by atoms with Gasteiger partial charge in [0.15, 0.2) is 0 Å². The van der Waals surface area contributed by atoms with Crippen LogP contribution < -0.4 is 5.32 Å². The van der Waals surface area contributed by atoms with Crippen molar-refractivity contribution in [2.24, 2.45) is 0 Å². The van der Waals surface area contributed by atoms with Gasteiger partial charge in [-0.3, -0.25) is 4.79 Å². The lowest BCUT2D eigenvalue weighted by molar-refractivity contribution is 0.0967. The predicted octanol–water partition coefficient (Wildman–Crippen LogP) is 3.57. The summed E-state index contributed by atoms with van der Waals surface area (Å²) in [6.45, 7) is 0. The lowest BCUT2D eigenvalue weighted by atomic mass is 10.2. The highest BCUT2D eigenvalue weighted by molar-refractivity contribution is 9.10. The van der Waals surface area contributed by atoms with E-state index < -0.39 is 0 Å². The summed E-state index contributed by atoms with van der Waals surface area (Å²) in [6, 6.07) is 4.71. The van der Waals surface area contributed by atoms with Gasteiger partial charge in [-0.25, -0.2) is 9.37 Å². The fourth-order valence-corrected chi connectivity index (χ4v) is 2.54. The van der Waals surface area contributed by atoms with Crippen LogP contribution in [-0.2, 0) is 0 Å². The number of rotatable bonds is 3. The van der Waals surface area contributed by atoms with E-state index in [-0.39, 0.29) is 11.7 Å². The first kappa shape index (κ1) is 13.9. The Morgan fingerprint density at radius 3 is 3.00 bits per heavy atom. The maximum absolute atomic E-state index is 13.5. The molecule has 2 rings (SSSR count). The minimum absolute atomic E-state index is 0.175. The van der Waals surface area contributed by atoms with Crippen LogP contribution in [0.3, 0.4) is 0 Å². The first-order chi connectivity index (χ1) is 9.10. The van der Waals surface area contributed by atoms with Gasteiger partial charge in [-0.15, -0.1) is 11.3 Å². The van der Waals surface area contributed by atoms with Crippen molar-refractivity contribution in [1.29, 1.82) is 0 Å². The molecule has 0 saturated carbocycles. The summed E-state index contributed by atoms with van der Waals surface area (Å²) in [4.78, 5) is 16.0. The van der Waals surface area contributed by atoms with Crippen molar-refractivity contribution >= 4 is 45.3 Å². The summed E-state index contributed by atoms with van der Waals surface area (Å²) < 4.78 is 14.3. The molecule has 0 aliphatic carbocycles. The smallest absolute Gasteiger partial charge is 0.262 e. The summed E-state index contributed by atoms with van der Waals surface area (Å²) in [5, 5.41) is 3.18. The molecule has 2 aromatic rings. The van der Waals surface area contributed by atoms with Crippen molar-refractivity contribution in [3.05, 3.63) is 50.1 Å². The molecule has 1 aromatic carbocycles. The Hall–Kier alpha value is -1.53. The highest BCUT2D eigenvalue weighted by Gasteiger charge is 2.07. The van der Waals surface area contributed by atoms with Crippen LogP contribution in [0.15, 0.2) is 28.9 Å². The maximum Gasteiger partial charge on any atom is 0.262 e. The standard InChI is InChI=1S/C13H10BrFN2OS/c1-16-13(18)11-7-17-12(19-11)5-2-8-6-9(14)3-4-10(8)15/h2-7H,1H3,(H,16,18). The number of hydrogen-bond donors (Lipinski definition) is 1. The van der Waals surface area contributed by atoms with Crippen LogP contribution in [0.25, 0.3) is 12.2 Å². The van der Waals surface area contributed by atoms with Gasteiger partial charge < -0.3 is 5.32 Å². The third-order valence-electron chi connectivity index (χ3n) is 2.34. The van der Waals surface area contributed by atoms with Gasteiger partial charge in [0.1, 0.15) is 15.7 Å². The number of halogens is 2. The maximum atomic E-state index is 13.5. The minimum Gasteiger partial charge on any atom is -0.354 e. The molecule has 0 aliphatic heterocycles. The van der Waals surface area contributed by atoms with Crippen LogP contribution in [0, 0.1) is 5.82 Å². The van der Waals surface area contributed by atoms with E-state index in [2.05, 4.69) is 26.2 Å². The number of hydrogen-bond acceptors (Lipinski definition) is 3. The third kappa shape index (κ3) is 3.48. The molecule has 0 saturated heterocycles. The average molecular weight is 341 g/mol. The molecule has 0 aliphatic rings. The molecule has 0 unspecified atom stereocenters. The van der Waals surface area contributed by atoms with E-state index in [9.17, 15) is 9.18 Å². The zero-order chi connectivity index (χ0) is 13.8. The summed E-state index contributed by atoms with van der Waals surface area (Å²) >= 11 is 4.54. The van der Waals surface area contributed by atoms with Crippen LogP contribution in [0.2, 0.25) is 0 Å². The van der Waals surface area contributed by atoms with Crippen molar-refractivity contribution in [2.75, 3.05) is 7.05 Å². The first-order valence-corrected chi connectivity index (χ1v) is 7.02. The number of benzene rings is 1. The number of carbonyl (C=O) groups excluding carboxylic acids is 1. The zero-order valence-electron chi connectivity index (χ0n) is 9.98. The van der Waals surface area contributed by atoms with Crippen LogP contribution in [0.4, 0.5) is 4.39 Å². The molecular formula is C13H10BrFN2OS. The van der Waals surface area contributed by atoms with Crippen LogP contribution in [0.5, 0.6) is 0 Å². The molecule has 1 N–H and O–H groups in total. The Morgan fingerprint density at radius 2 is 2.26 bits per heavy atom. The predicted molar refractivity (Wildman–Crippen MR) is 78.5 cm³/mol. The highest BCUT2D eigenvalue weighted by atomic mass is 79.9. The normalized spacial score (nSPS) is 10.9. The van der Waals surface area contributed by atoms with Gasteiger partial charge in [0.25, 0.3) is 5.91 Å². The zero-order valence-corrected chi connectivity index (χ0v) is 12.4. The fraction of sp³-hybridized carbons (Fsp3) is 0.0769. The number of nitrogens with one attached hydrogen (secondary N) is 1. The number of amides is 1. The van der Waals surface area contributed by atoms with Gasteiger partial charge in [0.2, 0.25) is 0 Å². The topological polar surface area (TPSA) is 42.0 Å². The SMILES string of the molecule is CNC(=O)c1cnc(C=Cc2cc(Br)ccc2F)s1. The Labute approximate surface area is 122 Å². The molecule has 0 atom stereocenters. The fourth-order valence-electron chi connectivity index (χ4n) is 1.40. The molecule has 1 heterocycles. The van der Waals surface area contributed by atoms with Gasteiger partial charge in [-0.1, -0.05) is 15.9 Å². The van der Waals surface area contributed by atoms with Crippen molar-refractivity contribution in [2.45, 2.75) is 0 Å². The summed E-state index contributed by atoms with van der Waals surface area (Å²) in [7, 11) is 1.56. The van der Waals surface area contributed by atoms with Crippen molar-refractivity contribution in [3.63, 3.8) is 0 Å². The van der Waals surface area contributed by atoms with Crippen molar-refractivity contribution in [1.82, 2.24) is 10.3 Å². The van der Waals surface area contributed by atoms with Crippen LogP contribution in [0.1, 0.15) is 20.2 Å². The van der Waals surface area contributed by atoms with E-state index in [4.69, 9.17) is 0 Å².